The molecule has 0 saturated heterocycles. The molecule has 118 valence electrons. The summed E-state index contributed by atoms with van der Waals surface area (Å²) in [6, 6.07) is 2.35. The summed E-state index contributed by atoms with van der Waals surface area (Å²) < 4.78 is 38.7. The summed E-state index contributed by atoms with van der Waals surface area (Å²) in [5, 5.41) is 0. The average Bonchev–Trinajstić information content (AvgIpc) is 2.47. The third-order valence-corrected chi connectivity index (χ3v) is 3.54. The van der Waals surface area contributed by atoms with Gasteiger partial charge in [-0.15, -0.1) is 0 Å². The Hall–Kier alpha value is -2.14. The highest BCUT2D eigenvalue weighted by Gasteiger charge is 2.22. The molecule has 1 aromatic carbocycles. The van der Waals surface area contributed by atoms with Crippen LogP contribution in [0.5, 0.6) is 5.75 Å². The molecule has 0 fully saturated rings. The largest absolute Gasteiger partial charge is 0.491 e. The minimum Gasteiger partial charge on any atom is -0.491 e. The van der Waals surface area contributed by atoms with Gasteiger partial charge in [0.1, 0.15) is 24.0 Å². The molecule has 2 rings (SSSR count). The van der Waals surface area contributed by atoms with Gasteiger partial charge in [-0.1, -0.05) is 12.7 Å². The Kier molecular flexibility index (Phi) is 4.98. The van der Waals surface area contributed by atoms with Gasteiger partial charge in [0, 0.05) is 32.0 Å². The molecular formula is C17H19F2NO2. The van der Waals surface area contributed by atoms with Crippen LogP contribution < -0.4 is 4.74 Å². The number of methoxy groups -OCH3 is 1. The molecular weight excluding hydrogens is 288 g/mol. The zero-order valence-corrected chi connectivity index (χ0v) is 13.0. The predicted octanol–water partition coefficient (Wildman–Crippen LogP) is 3.74. The van der Waals surface area contributed by atoms with Gasteiger partial charge in [-0.05, 0) is 18.6 Å². The van der Waals surface area contributed by atoms with Crippen LogP contribution in [0.15, 0.2) is 42.1 Å². The molecule has 0 saturated carbocycles. The monoisotopic (exact) mass is 307 g/mol. The maximum absolute atomic E-state index is 14.3. The third-order valence-electron chi connectivity index (χ3n) is 3.54. The number of hydrogen-bond donors (Lipinski definition) is 0. The summed E-state index contributed by atoms with van der Waals surface area (Å²) in [5.74, 6) is -1.21. The van der Waals surface area contributed by atoms with Crippen LogP contribution in [-0.4, -0.2) is 32.3 Å². The molecule has 0 atom stereocenters. The molecule has 0 bridgehead atoms. The molecule has 22 heavy (non-hydrogen) atoms. The van der Waals surface area contributed by atoms with Gasteiger partial charge in [-0.3, -0.25) is 0 Å². The lowest BCUT2D eigenvalue weighted by atomic mass is 10.0. The first kappa shape index (κ1) is 16.2. The predicted molar refractivity (Wildman–Crippen MR) is 82.4 cm³/mol. The van der Waals surface area contributed by atoms with Crippen LogP contribution >= 0.6 is 0 Å². The third kappa shape index (κ3) is 3.20. The second-order valence-electron chi connectivity index (χ2n) is 5.01. The smallest absolute Gasteiger partial charge is 0.139 e. The molecule has 0 aromatic heterocycles. The SMILES string of the molecule is C=C1C(C)=CC=C(c2c(F)cc(OCCOC)cc2F)N1C. The quantitative estimate of drug-likeness (QED) is 0.774. The van der Waals surface area contributed by atoms with Crippen LogP contribution in [0, 0.1) is 11.6 Å². The second-order valence-corrected chi connectivity index (χ2v) is 5.01. The maximum Gasteiger partial charge on any atom is 0.139 e. The van der Waals surface area contributed by atoms with E-state index in [9.17, 15) is 8.78 Å². The molecule has 0 radical (unpaired) electrons. The fourth-order valence-corrected chi connectivity index (χ4v) is 2.19. The van der Waals surface area contributed by atoms with E-state index >= 15 is 0 Å². The minimum atomic E-state index is -0.675. The van der Waals surface area contributed by atoms with E-state index in [1.165, 1.54) is 19.2 Å². The van der Waals surface area contributed by atoms with Gasteiger partial charge in [0.15, 0.2) is 0 Å². The fourth-order valence-electron chi connectivity index (χ4n) is 2.19. The molecule has 3 nitrogen and oxygen atoms in total. The van der Waals surface area contributed by atoms with E-state index in [4.69, 9.17) is 9.47 Å². The van der Waals surface area contributed by atoms with Crippen molar-refractivity contribution in [3.8, 4) is 5.75 Å². The summed E-state index contributed by atoms with van der Waals surface area (Å²) in [4.78, 5) is 1.67. The van der Waals surface area contributed by atoms with Crippen molar-refractivity contribution in [2.24, 2.45) is 0 Å². The summed E-state index contributed by atoms with van der Waals surface area (Å²) in [6.07, 6.45) is 3.47. The number of nitrogens with zero attached hydrogens (tertiary/aromatic N) is 1. The molecule has 1 heterocycles. The number of rotatable bonds is 5. The number of allylic oxidation sites excluding steroid dienone is 3. The summed E-state index contributed by atoms with van der Waals surface area (Å²) in [7, 11) is 3.26. The van der Waals surface area contributed by atoms with E-state index in [0.717, 1.165) is 5.57 Å². The van der Waals surface area contributed by atoms with Crippen molar-refractivity contribution in [1.29, 1.82) is 0 Å². The van der Waals surface area contributed by atoms with E-state index in [1.54, 1.807) is 24.1 Å². The molecule has 1 aromatic rings. The number of hydrogen-bond acceptors (Lipinski definition) is 3. The average molecular weight is 307 g/mol. The highest BCUT2D eigenvalue weighted by molar-refractivity contribution is 5.71. The summed E-state index contributed by atoms with van der Waals surface area (Å²) in [6.45, 7) is 6.39. The molecule has 0 spiro atoms. The first-order valence-electron chi connectivity index (χ1n) is 6.88. The molecule has 5 heteroatoms. The normalized spacial score (nSPS) is 14.8. The van der Waals surface area contributed by atoms with Crippen LogP contribution in [-0.2, 0) is 4.74 Å². The first-order chi connectivity index (χ1) is 10.5. The topological polar surface area (TPSA) is 21.7 Å². The highest BCUT2D eigenvalue weighted by Crippen LogP contribution is 2.33. The zero-order valence-electron chi connectivity index (χ0n) is 13.0. The lowest BCUT2D eigenvalue weighted by Gasteiger charge is -2.29. The number of ether oxygens (including phenoxy) is 2. The van der Waals surface area contributed by atoms with Crippen LogP contribution in [0.1, 0.15) is 12.5 Å². The van der Waals surface area contributed by atoms with E-state index < -0.39 is 11.6 Å². The zero-order chi connectivity index (χ0) is 16.3. The Balaban J connectivity index is 2.35. The summed E-state index contributed by atoms with van der Waals surface area (Å²) in [5.41, 5.74) is 1.99. The lowest BCUT2D eigenvalue weighted by Crippen LogP contribution is -2.20. The first-order valence-corrected chi connectivity index (χ1v) is 6.88. The Labute approximate surface area is 129 Å². The number of halogens is 2. The van der Waals surface area contributed by atoms with Gasteiger partial charge < -0.3 is 14.4 Å². The Bertz CT molecular complexity index is 627. The fraction of sp³-hybridized carbons (Fsp3) is 0.294. The van der Waals surface area contributed by atoms with E-state index in [0.29, 0.717) is 18.0 Å². The van der Waals surface area contributed by atoms with E-state index in [2.05, 4.69) is 6.58 Å². The molecule has 0 N–H and O–H groups in total. The van der Waals surface area contributed by atoms with Gasteiger partial charge in [-0.25, -0.2) is 8.78 Å². The van der Waals surface area contributed by atoms with Crippen LogP contribution in [0.2, 0.25) is 0 Å². The Morgan fingerprint density at radius 3 is 2.36 bits per heavy atom. The van der Waals surface area contributed by atoms with Crippen molar-refractivity contribution in [2.45, 2.75) is 6.92 Å². The molecule has 1 aliphatic rings. The van der Waals surface area contributed by atoms with Crippen LogP contribution in [0.4, 0.5) is 8.78 Å². The van der Waals surface area contributed by atoms with Crippen LogP contribution in [0.25, 0.3) is 5.70 Å². The van der Waals surface area contributed by atoms with Crippen molar-refractivity contribution in [3.05, 3.63) is 59.3 Å². The van der Waals surface area contributed by atoms with Gasteiger partial charge >= 0.3 is 0 Å². The molecule has 0 aliphatic carbocycles. The van der Waals surface area contributed by atoms with Gasteiger partial charge in [0.2, 0.25) is 0 Å². The molecule has 0 unspecified atom stereocenters. The number of benzene rings is 1. The van der Waals surface area contributed by atoms with Crippen molar-refractivity contribution < 1.29 is 18.3 Å². The second kappa shape index (κ2) is 6.75. The Morgan fingerprint density at radius 2 is 1.77 bits per heavy atom. The van der Waals surface area contributed by atoms with Gasteiger partial charge in [0.25, 0.3) is 0 Å². The molecule has 1 aliphatic heterocycles. The Morgan fingerprint density at radius 1 is 1.14 bits per heavy atom. The van der Waals surface area contributed by atoms with E-state index in [1.807, 2.05) is 6.92 Å². The van der Waals surface area contributed by atoms with Crippen molar-refractivity contribution in [1.82, 2.24) is 4.90 Å². The van der Waals surface area contributed by atoms with Gasteiger partial charge in [0.05, 0.1) is 17.9 Å². The molecule has 0 amide bonds. The van der Waals surface area contributed by atoms with Crippen molar-refractivity contribution in [2.75, 3.05) is 27.4 Å². The van der Waals surface area contributed by atoms with E-state index in [-0.39, 0.29) is 17.9 Å². The van der Waals surface area contributed by atoms with Gasteiger partial charge in [-0.2, -0.15) is 0 Å². The lowest BCUT2D eigenvalue weighted by molar-refractivity contribution is 0.146. The van der Waals surface area contributed by atoms with Crippen LogP contribution in [0.3, 0.4) is 0 Å². The highest BCUT2D eigenvalue weighted by atomic mass is 19.1. The summed E-state index contributed by atoms with van der Waals surface area (Å²) >= 11 is 0. The van der Waals surface area contributed by atoms with Crippen molar-refractivity contribution in [3.63, 3.8) is 0 Å². The van der Waals surface area contributed by atoms with Crippen molar-refractivity contribution >= 4 is 5.70 Å². The maximum atomic E-state index is 14.3. The number of likely N-dealkylation sites (N-methyl/N-ethyl adjacent to an activating group) is 1. The minimum absolute atomic E-state index is 0.0912. The standard InChI is InChI=1S/C17H19F2NO2/c1-11-5-6-16(20(3)12(11)2)17-14(18)9-13(10-15(17)19)22-8-7-21-4/h5-6,9-10H,2,7-8H2,1,3-4H3.